The fourth-order valence-electron chi connectivity index (χ4n) is 1.22. The normalized spacial score (nSPS) is 9.75. The molecule has 0 aliphatic carbocycles. The first-order valence-corrected chi connectivity index (χ1v) is 4.96. The first-order valence-electron chi connectivity index (χ1n) is 4.58. The highest BCUT2D eigenvalue weighted by atomic mass is 35.5. The van der Waals surface area contributed by atoms with E-state index in [9.17, 15) is 0 Å². The van der Waals surface area contributed by atoms with E-state index in [-0.39, 0.29) is 0 Å². The van der Waals surface area contributed by atoms with Crippen LogP contribution in [-0.4, -0.2) is 15.2 Å². The minimum absolute atomic E-state index is 0.338. The van der Waals surface area contributed by atoms with Gasteiger partial charge >= 0.3 is 0 Å². The number of aromatic amines is 1. The second kappa shape index (κ2) is 4.64. The summed E-state index contributed by atoms with van der Waals surface area (Å²) >= 11 is 5.98. The van der Waals surface area contributed by atoms with Crippen molar-refractivity contribution in [1.82, 2.24) is 15.2 Å². The fraction of sp³-hybridized carbons (Fsp3) is 0.100. The molecule has 6 heteroatoms. The Bertz CT molecular complexity index is 515. The van der Waals surface area contributed by atoms with E-state index in [1.54, 1.807) is 18.5 Å². The Morgan fingerprint density at radius 3 is 3.00 bits per heavy atom. The average molecular weight is 234 g/mol. The molecule has 2 aromatic rings. The van der Waals surface area contributed by atoms with Gasteiger partial charge in [0.25, 0.3) is 0 Å². The van der Waals surface area contributed by atoms with E-state index in [1.807, 2.05) is 12.1 Å². The molecule has 2 N–H and O–H groups in total. The van der Waals surface area contributed by atoms with Gasteiger partial charge in [-0.2, -0.15) is 10.4 Å². The summed E-state index contributed by atoms with van der Waals surface area (Å²) in [4.78, 5) is 4.06. The Morgan fingerprint density at radius 2 is 2.31 bits per heavy atom. The summed E-state index contributed by atoms with van der Waals surface area (Å²) in [6, 6.07) is 5.41. The second-order valence-corrected chi connectivity index (χ2v) is 3.45. The van der Waals surface area contributed by atoms with Crippen molar-refractivity contribution < 1.29 is 0 Å². The zero-order valence-electron chi connectivity index (χ0n) is 8.24. The topological polar surface area (TPSA) is 77.4 Å². The molecule has 80 valence electrons. The maximum atomic E-state index is 8.79. The molecule has 0 saturated carbocycles. The Labute approximate surface area is 97.1 Å². The van der Waals surface area contributed by atoms with Gasteiger partial charge < -0.3 is 5.32 Å². The van der Waals surface area contributed by atoms with Gasteiger partial charge in [0.1, 0.15) is 16.9 Å². The number of aromatic nitrogens is 3. The summed E-state index contributed by atoms with van der Waals surface area (Å²) in [7, 11) is 0. The highest BCUT2D eigenvalue weighted by Crippen LogP contribution is 2.22. The SMILES string of the molecule is N#Cc1ccnc(NCc2ccn[nH]2)c1Cl. The number of anilines is 1. The predicted octanol–water partition coefficient (Wildman–Crippen LogP) is 1.94. The molecule has 0 radical (unpaired) electrons. The van der Waals surface area contributed by atoms with Gasteiger partial charge in [0.15, 0.2) is 0 Å². The molecule has 2 aromatic heterocycles. The number of nitriles is 1. The lowest BCUT2D eigenvalue weighted by Gasteiger charge is -2.06. The average Bonchev–Trinajstić information content (AvgIpc) is 2.81. The molecule has 16 heavy (non-hydrogen) atoms. The number of H-pyrrole nitrogens is 1. The van der Waals surface area contributed by atoms with Crippen molar-refractivity contribution >= 4 is 17.4 Å². The first-order chi connectivity index (χ1) is 7.81. The first kappa shape index (κ1) is 10.5. The molecule has 0 fully saturated rings. The van der Waals surface area contributed by atoms with Crippen molar-refractivity contribution in [3.05, 3.63) is 40.8 Å². The number of hydrogen-bond acceptors (Lipinski definition) is 4. The van der Waals surface area contributed by atoms with Crippen molar-refractivity contribution in [2.45, 2.75) is 6.54 Å². The molecule has 2 rings (SSSR count). The van der Waals surface area contributed by atoms with Crippen LogP contribution in [0.2, 0.25) is 5.02 Å². The summed E-state index contributed by atoms with van der Waals surface area (Å²) < 4.78 is 0. The highest BCUT2D eigenvalue weighted by Gasteiger charge is 2.06. The molecule has 0 amide bonds. The second-order valence-electron chi connectivity index (χ2n) is 3.07. The predicted molar refractivity (Wildman–Crippen MR) is 59.9 cm³/mol. The molecule has 0 aliphatic rings. The van der Waals surface area contributed by atoms with Gasteiger partial charge in [-0.05, 0) is 12.1 Å². The smallest absolute Gasteiger partial charge is 0.146 e. The third kappa shape index (κ3) is 2.12. The lowest BCUT2D eigenvalue weighted by molar-refractivity contribution is 0.974. The number of nitrogens with zero attached hydrogens (tertiary/aromatic N) is 3. The number of nitrogens with one attached hydrogen (secondary N) is 2. The van der Waals surface area contributed by atoms with E-state index >= 15 is 0 Å². The molecule has 0 aliphatic heterocycles. The fourth-order valence-corrected chi connectivity index (χ4v) is 1.44. The van der Waals surface area contributed by atoms with Crippen LogP contribution in [0.4, 0.5) is 5.82 Å². The quantitative estimate of drug-likeness (QED) is 0.849. The summed E-state index contributed by atoms with van der Waals surface area (Å²) in [5, 5.41) is 18.8. The van der Waals surface area contributed by atoms with Crippen LogP contribution in [-0.2, 0) is 6.54 Å². The lowest BCUT2D eigenvalue weighted by atomic mass is 10.3. The van der Waals surface area contributed by atoms with E-state index in [1.165, 1.54) is 0 Å². The molecule has 0 atom stereocenters. The number of pyridine rings is 1. The van der Waals surface area contributed by atoms with Gasteiger partial charge in [0.2, 0.25) is 0 Å². The van der Waals surface area contributed by atoms with Gasteiger partial charge in [0, 0.05) is 12.4 Å². The van der Waals surface area contributed by atoms with Gasteiger partial charge in [0.05, 0.1) is 17.8 Å². The third-order valence-corrected chi connectivity index (χ3v) is 2.40. The van der Waals surface area contributed by atoms with Crippen LogP contribution >= 0.6 is 11.6 Å². The van der Waals surface area contributed by atoms with Crippen molar-refractivity contribution in [1.29, 1.82) is 5.26 Å². The zero-order chi connectivity index (χ0) is 11.4. The van der Waals surface area contributed by atoms with Crippen molar-refractivity contribution in [3.63, 3.8) is 0 Å². The van der Waals surface area contributed by atoms with E-state index < -0.39 is 0 Å². The van der Waals surface area contributed by atoms with E-state index in [4.69, 9.17) is 16.9 Å². The molecule has 0 saturated heterocycles. The van der Waals surface area contributed by atoms with Crippen LogP contribution in [0.1, 0.15) is 11.3 Å². The van der Waals surface area contributed by atoms with Crippen molar-refractivity contribution in [2.75, 3.05) is 5.32 Å². The standard InChI is InChI=1S/C10H8ClN5/c11-9-7(5-12)1-3-13-10(9)14-6-8-2-4-15-16-8/h1-4H,6H2,(H,13,14)(H,15,16). The molecular formula is C10H8ClN5. The highest BCUT2D eigenvalue weighted by molar-refractivity contribution is 6.34. The minimum atomic E-state index is 0.338. The van der Waals surface area contributed by atoms with E-state index in [2.05, 4.69) is 20.5 Å². The lowest BCUT2D eigenvalue weighted by Crippen LogP contribution is -2.03. The molecule has 0 unspecified atom stereocenters. The Balaban J connectivity index is 2.13. The molecule has 5 nitrogen and oxygen atoms in total. The van der Waals surface area contributed by atoms with Gasteiger partial charge in [-0.3, -0.25) is 5.10 Å². The zero-order valence-corrected chi connectivity index (χ0v) is 8.99. The summed E-state index contributed by atoms with van der Waals surface area (Å²) in [5.74, 6) is 0.496. The molecule has 0 aromatic carbocycles. The monoisotopic (exact) mass is 233 g/mol. The van der Waals surface area contributed by atoms with Crippen LogP contribution in [0.15, 0.2) is 24.5 Å². The van der Waals surface area contributed by atoms with Crippen LogP contribution in [0.5, 0.6) is 0 Å². The largest absolute Gasteiger partial charge is 0.363 e. The van der Waals surface area contributed by atoms with Gasteiger partial charge in [-0.25, -0.2) is 4.98 Å². The summed E-state index contributed by atoms with van der Waals surface area (Å²) in [5.41, 5.74) is 1.32. The van der Waals surface area contributed by atoms with Crippen LogP contribution in [0.25, 0.3) is 0 Å². The Morgan fingerprint density at radius 1 is 1.44 bits per heavy atom. The maximum Gasteiger partial charge on any atom is 0.146 e. The van der Waals surface area contributed by atoms with Crippen molar-refractivity contribution in [2.24, 2.45) is 0 Å². The molecule has 0 bridgehead atoms. The minimum Gasteiger partial charge on any atom is -0.363 e. The van der Waals surface area contributed by atoms with Gasteiger partial charge in [-0.15, -0.1) is 0 Å². The maximum absolute atomic E-state index is 8.79. The van der Waals surface area contributed by atoms with Crippen molar-refractivity contribution in [3.8, 4) is 6.07 Å². The summed E-state index contributed by atoms with van der Waals surface area (Å²) in [6.45, 7) is 0.529. The third-order valence-electron chi connectivity index (χ3n) is 2.01. The molecular weight excluding hydrogens is 226 g/mol. The van der Waals surface area contributed by atoms with Crippen LogP contribution in [0, 0.1) is 11.3 Å². The number of hydrogen-bond donors (Lipinski definition) is 2. The number of halogens is 1. The number of rotatable bonds is 3. The molecule has 2 heterocycles. The van der Waals surface area contributed by atoms with Gasteiger partial charge in [-0.1, -0.05) is 11.6 Å². The van der Waals surface area contributed by atoms with Crippen LogP contribution < -0.4 is 5.32 Å². The Kier molecular flexibility index (Phi) is 3.03. The van der Waals surface area contributed by atoms with Crippen LogP contribution in [0.3, 0.4) is 0 Å². The Hall–Kier alpha value is -2.06. The molecule has 0 spiro atoms. The summed E-state index contributed by atoms with van der Waals surface area (Å²) in [6.07, 6.45) is 3.21. The van der Waals surface area contributed by atoms with E-state index in [0.717, 1.165) is 5.69 Å². The van der Waals surface area contributed by atoms with E-state index in [0.29, 0.717) is 22.9 Å².